The lowest BCUT2D eigenvalue weighted by molar-refractivity contribution is -0.119. The Labute approximate surface area is 258 Å². The predicted octanol–water partition coefficient (Wildman–Crippen LogP) is 4.63. The van der Waals surface area contributed by atoms with Gasteiger partial charge in [0, 0.05) is 56.9 Å². The second kappa shape index (κ2) is 12.7. The van der Waals surface area contributed by atoms with Gasteiger partial charge in [-0.25, -0.2) is 19.8 Å². The zero-order valence-electron chi connectivity index (χ0n) is 26.2. The van der Waals surface area contributed by atoms with Gasteiger partial charge in [0.1, 0.15) is 16.7 Å². The van der Waals surface area contributed by atoms with E-state index in [0.717, 1.165) is 29.7 Å². The lowest BCUT2D eigenvalue weighted by Crippen LogP contribution is -2.43. The summed E-state index contributed by atoms with van der Waals surface area (Å²) < 4.78 is 5.58. The van der Waals surface area contributed by atoms with Crippen molar-refractivity contribution in [3.63, 3.8) is 0 Å². The van der Waals surface area contributed by atoms with Crippen molar-refractivity contribution >= 4 is 46.2 Å². The topological polar surface area (TPSA) is 141 Å². The normalized spacial score (nSPS) is 21.3. The van der Waals surface area contributed by atoms with Gasteiger partial charge >= 0.3 is 6.09 Å². The van der Waals surface area contributed by atoms with E-state index in [-0.39, 0.29) is 23.6 Å². The molecule has 2 aliphatic rings. The quantitative estimate of drug-likeness (QED) is 0.283. The molecule has 0 aromatic carbocycles. The lowest BCUT2D eigenvalue weighted by Gasteiger charge is -2.32. The molecule has 3 heterocycles. The molecule has 1 saturated heterocycles. The molecule has 0 bridgehead atoms. The smallest absolute Gasteiger partial charge is 0.410 e. The van der Waals surface area contributed by atoms with Gasteiger partial charge in [0.2, 0.25) is 5.95 Å². The third-order valence-corrected chi connectivity index (χ3v) is 8.79. The molecular formula is C31H42N8O3S. The minimum atomic E-state index is -0.897. The predicted molar refractivity (Wildman–Crippen MR) is 170 cm³/mol. The second-order valence-electron chi connectivity index (χ2n) is 12.6. The van der Waals surface area contributed by atoms with E-state index in [4.69, 9.17) is 15.5 Å². The van der Waals surface area contributed by atoms with Crippen molar-refractivity contribution in [1.29, 1.82) is 5.26 Å². The summed E-state index contributed by atoms with van der Waals surface area (Å²) in [5.41, 5.74) is 6.94. The number of aryl methyl sites for hydroxylation is 1. The van der Waals surface area contributed by atoms with Gasteiger partial charge < -0.3 is 25.2 Å². The number of amides is 1. The number of nitriles is 1. The molecule has 2 atom stereocenters. The van der Waals surface area contributed by atoms with Crippen LogP contribution in [0.1, 0.15) is 75.6 Å². The maximum absolute atomic E-state index is 13.9. The molecule has 230 valence electrons. The maximum atomic E-state index is 13.9. The molecule has 1 amide bonds. The zero-order chi connectivity index (χ0) is 31.5. The van der Waals surface area contributed by atoms with Crippen LogP contribution in [0, 0.1) is 11.3 Å². The maximum Gasteiger partial charge on any atom is 0.410 e. The summed E-state index contributed by atoms with van der Waals surface area (Å²) in [6.45, 7) is 11.2. The first-order chi connectivity index (χ1) is 20.2. The molecule has 12 heteroatoms. The first-order valence-corrected chi connectivity index (χ1v) is 15.4. The molecule has 43 heavy (non-hydrogen) atoms. The van der Waals surface area contributed by atoms with Crippen LogP contribution < -0.4 is 10.6 Å². The highest BCUT2D eigenvalue weighted by atomic mass is 32.1. The Morgan fingerprint density at radius 1 is 1.30 bits per heavy atom. The van der Waals surface area contributed by atoms with Crippen molar-refractivity contribution in [3.8, 4) is 6.07 Å². The highest BCUT2D eigenvalue weighted by Gasteiger charge is 2.42. The van der Waals surface area contributed by atoms with Crippen molar-refractivity contribution in [2.75, 3.05) is 38.6 Å². The molecule has 0 radical (unpaired) electrons. The van der Waals surface area contributed by atoms with E-state index in [1.54, 1.807) is 23.5 Å². The van der Waals surface area contributed by atoms with Gasteiger partial charge in [-0.2, -0.15) is 5.26 Å². The third-order valence-electron chi connectivity index (χ3n) is 7.63. The number of ether oxygens (including phenoxy) is 1. The minimum Gasteiger partial charge on any atom is -0.444 e. The average molecular weight is 607 g/mol. The molecule has 0 saturated carbocycles. The molecule has 0 spiro atoms. The van der Waals surface area contributed by atoms with Crippen LogP contribution in [0.15, 0.2) is 23.3 Å². The molecule has 1 fully saturated rings. The van der Waals surface area contributed by atoms with E-state index >= 15 is 0 Å². The monoisotopic (exact) mass is 606 g/mol. The van der Waals surface area contributed by atoms with E-state index in [0.29, 0.717) is 48.3 Å². The highest BCUT2D eigenvalue weighted by molar-refractivity contribution is 7.16. The number of aliphatic imine (C=N–C) groups is 1. The Morgan fingerprint density at radius 3 is 2.72 bits per heavy atom. The van der Waals surface area contributed by atoms with Crippen LogP contribution in [0.25, 0.3) is 5.70 Å². The molecule has 1 aliphatic heterocycles. The Bertz CT molecular complexity index is 1470. The first-order valence-electron chi connectivity index (χ1n) is 14.6. The number of aromatic nitrogens is 2. The number of allylic oxidation sites excluding steroid dienone is 1. The number of carbonyl (C=O) groups excluding carboxylic acids is 2. The summed E-state index contributed by atoms with van der Waals surface area (Å²) in [6.07, 6.45) is 7.39. The van der Waals surface area contributed by atoms with Crippen LogP contribution in [0.5, 0.6) is 0 Å². The summed E-state index contributed by atoms with van der Waals surface area (Å²) in [5.74, 6) is 0.318. The molecule has 4 rings (SSSR count). The van der Waals surface area contributed by atoms with Crippen molar-refractivity contribution in [1.82, 2.24) is 19.8 Å². The number of carbonyl (C=O) groups is 2. The van der Waals surface area contributed by atoms with Crippen molar-refractivity contribution in [2.45, 2.75) is 77.4 Å². The number of nitrogens with zero attached hydrogens (tertiary/aromatic N) is 7. The van der Waals surface area contributed by atoms with Gasteiger partial charge in [-0.1, -0.05) is 0 Å². The molecule has 2 N–H and O–H groups in total. The molecule has 2 aromatic heterocycles. The molecular weight excluding hydrogens is 564 g/mol. The number of anilines is 1. The summed E-state index contributed by atoms with van der Waals surface area (Å²) in [6, 6.07) is 3.93. The molecule has 0 unspecified atom stereocenters. The van der Waals surface area contributed by atoms with E-state index in [2.05, 4.69) is 20.9 Å². The fourth-order valence-electron chi connectivity index (χ4n) is 5.53. The standard InChI is InChI=1S/C31H42N8O3S/c1-20-18-38(29(41)42-30(2,3)4)14-9-15-39(20)28-34-13-11-23(36-28)22(33)16-25(40)31(5)12-8-10-24-26(31)21(17-32)27(43-24)35-19-37(6)7/h11,13,16,19-20H,8-10,12,14-15,18,33H2,1-7H3/t20-,31+/m0/s1. The van der Waals surface area contributed by atoms with Crippen molar-refractivity contribution < 1.29 is 14.3 Å². The van der Waals surface area contributed by atoms with E-state index in [1.807, 2.05) is 53.6 Å². The van der Waals surface area contributed by atoms with Gasteiger partial charge in [-0.15, -0.1) is 11.3 Å². The SMILES string of the molecule is C[C@H]1CN(C(=O)OC(C)(C)C)CCCN1c1nccc(C(N)=CC(=O)[C@@]2(C)CCCc3sc(N=CN(C)C)c(C#N)c32)n1. The lowest BCUT2D eigenvalue weighted by atomic mass is 9.69. The van der Waals surface area contributed by atoms with Crippen molar-refractivity contribution in [2.24, 2.45) is 10.7 Å². The highest BCUT2D eigenvalue weighted by Crippen LogP contribution is 2.48. The Kier molecular flexibility index (Phi) is 9.44. The first kappa shape index (κ1) is 31.9. The molecule has 2 aromatic rings. The Hall–Kier alpha value is -3.98. The van der Waals surface area contributed by atoms with Crippen LogP contribution in [-0.2, 0) is 21.4 Å². The number of hydrogen-bond donors (Lipinski definition) is 1. The van der Waals surface area contributed by atoms with Gasteiger partial charge in [0.15, 0.2) is 5.78 Å². The minimum absolute atomic E-state index is 0.0657. The summed E-state index contributed by atoms with van der Waals surface area (Å²) >= 11 is 1.48. The fourth-order valence-corrected chi connectivity index (χ4v) is 6.79. The summed E-state index contributed by atoms with van der Waals surface area (Å²) in [4.78, 5) is 46.9. The number of rotatable bonds is 6. The Morgan fingerprint density at radius 2 is 2.05 bits per heavy atom. The van der Waals surface area contributed by atoms with E-state index < -0.39 is 11.0 Å². The fraction of sp³-hybridized carbons (Fsp3) is 0.548. The summed E-state index contributed by atoms with van der Waals surface area (Å²) in [7, 11) is 3.74. The van der Waals surface area contributed by atoms with E-state index in [1.165, 1.54) is 17.4 Å². The van der Waals surface area contributed by atoms with Crippen LogP contribution in [0.4, 0.5) is 15.7 Å². The van der Waals surface area contributed by atoms with Crippen molar-refractivity contribution in [3.05, 3.63) is 40.0 Å². The zero-order valence-corrected chi connectivity index (χ0v) is 27.0. The number of nitrogens with two attached hydrogens (primary N) is 1. The van der Waals surface area contributed by atoms with Crippen LogP contribution in [0.2, 0.25) is 0 Å². The van der Waals surface area contributed by atoms with Crippen LogP contribution >= 0.6 is 11.3 Å². The van der Waals surface area contributed by atoms with Gasteiger partial charge in [0.25, 0.3) is 0 Å². The number of ketones is 1. The number of thiophene rings is 1. The average Bonchev–Trinajstić information content (AvgIpc) is 3.19. The third kappa shape index (κ3) is 7.16. The van der Waals surface area contributed by atoms with Gasteiger partial charge in [-0.05, 0) is 71.9 Å². The number of fused-ring (bicyclic) bond motifs is 1. The largest absolute Gasteiger partial charge is 0.444 e. The van der Waals surface area contributed by atoms with Gasteiger partial charge in [0.05, 0.1) is 28.7 Å². The molecule has 11 nitrogen and oxygen atoms in total. The second-order valence-corrected chi connectivity index (χ2v) is 13.7. The number of hydrogen-bond acceptors (Lipinski definition) is 10. The van der Waals surface area contributed by atoms with Crippen LogP contribution in [-0.4, -0.2) is 83.4 Å². The summed E-state index contributed by atoms with van der Waals surface area (Å²) in [5, 5.41) is 10.7. The molecule has 1 aliphatic carbocycles. The van der Waals surface area contributed by atoms with Gasteiger partial charge in [-0.3, -0.25) is 4.79 Å². The van der Waals surface area contributed by atoms with E-state index in [9.17, 15) is 14.9 Å². The van der Waals surface area contributed by atoms with Crippen LogP contribution in [0.3, 0.4) is 0 Å². The Balaban J connectivity index is 1.57.